The zero-order chi connectivity index (χ0) is 30.8. The summed E-state index contributed by atoms with van der Waals surface area (Å²) in [5, 5.41) is 9.70. The van der Waals surface area contributed by atoms with Gasteiger partial charge in [0.25, 0.3) is 0 Å². The highest BCUT2D eigenvalue weighted by Crippen LogP contribution is 2.11. The van der Waals surface area contributed by atoms with Crippen molar-refractivity contribution in [1.29, 1.82) is 0 Å². The lowest BCUT2D eigenvalue weighted by atomic mass is 10.1. The van der Waals surface area contributed by atoms with Crippen molar-refractivity contribution in [3.05, 3.63) is 180 Å². The summed E-state index contributed by atoms with van der Waals surface area (Å²) in [6.07, 6.45) is 11.2. The number of hydrogen-bond donors (Lipinski definition) is 1. The van der Waals surface area contributed by atoms with Crippen molar-refractivity contribution in [3.63, 3.8) is 0 Å². The zero-order valence-corrected chi connectivity index (χ0v) is 25.9. The van der Waals surface area contributed by atoms with Crippen LogP contribution in [0.5, 0.6) is 0 Å². The highest BCUT2D eigenvalue weighted by molar-refractivity contribution is 9.09. The van der Waals surface area contributed by atoms with Gasteiger partial charge in [0.1, 0.15) is 0 Å². The summed E-state index contributed by atoms with van der Waals surface area (Å²) in [7, 11) is 0. The van der Waals surface area contributed by atoms with E-state index in [1.807, 2.05) is 121 Å². The molecule has 0 aliphatic rings. The van der Waals surface area contributed by atoms with Gasteiger partial charge in [-0.1, -0.05) is 164 Å². The molecule has 0 heterocycles. The zero-order valence-electron chi connectivity index (χ0n) is 24.3. The van der Waals surface area contributed by atoms with Gasteiger partial charge in [0.15, 0.2) is 0 Å². The van der Waals surface area contributed by atoms with Crippen LogP contribution in [0.15, 0.2) is 147 Å². The van der Waals surface area contributed by atoms with E-state index in [1.54, 1.807) is 18.2 Å². The molecular formula is C42H45BrO2. The van der Waals surface area contributed by atoms with Crippen molar-refractivity contribution in [2.75, 3.05) is 25.2 Å². The minimum atomic E-state index is 0. The fourth-order valence-electron chi connectivity index (χ4n) is 3.41. The fourth-order valence-corrected chi connectivity index (χ4v) is 3.41. The van der Waals surface area contributed by atoms with Crippen LogP contribution in [0.4, 0.5) is 0 Å². The van der Waals surface area contributed by atoms with E-state index in [0.29, 0.717) is 13.2 Å². The van der Waals surface area contributed by atoms with Crippen molar-refractivity contribution in [1.82, 2.24) is 0 Å². The Balaban J connectivity index is 0.000000745. The van der Waals surface area contributed by atoms with Crippen molar-refractivity contribution in [3.8, 4) is 23.7 Å². The van der Waals surface area contributed by atoms with Crippen LogP contribution in [0.3, 0.4) is 0 Å². The predicted molar refractivity (Wildman–Crippen MR) is 201 cm³/mol. The maximum Gasteiger partial charge on any atom is 0.0655 e. The highest BCUT2D eigenvalue weighted by Gasteiger charge is 1.95. The van der Waals surface area contributed by atoms with Gasteiger partial charge in [-0.3, -0.25) is 0 Å². The molecule has 3 heteroatoms. The molecule has 0 aromatic heterocycles. The summed E-state index contributed by atoms with van der Waals surface area (Å²) >= 11 is 3.13. The molecule has 0 aliphatic carbocycles. The van der Waals surface area contributed by atoms with E-state index in [1.165, 1.54) is 0 Å². The summed E-state index contributed by atoms with van der Waals surface area (Å²) in [5.41, 5.74) is 6.12. The SMILES string of the molecule is C.C.C=CCBr.C=CCOC/C=C/c1ccccc1C#Cc1ccccc1.OC/C=C/c1ccccc1C#Cc1ccccc1. The van der Waals surface area contributed by atoms with Gasteiger partial charge in [-0.25, -0.2) is 0 Å². The van der Waals surface area contributed by atoms with Crippen molar-refractivity contribution in [2.24, 2.45) is 0 Å². The van der Waals surface area contributed by atoms with Crippen LogP contribution < -0.4 is 0 Å². The largest absolute Gasteiger partial charge is 0.392 e. The number of ether oxygens (including phenoxy) is 1. The first kappa shape index (κ1) is 40.4. The molecule has 0 amide bonds. The first-order valence-electron chi connectivity index (χ1n) is 13.8. The molecule has 45 heavy (non-hydrogen) atoms. The molecule has 232 valence electrons. The van der Waals surface area contributed by atoms with E-state index in [4.69, 9.17) is 9.84 Å². The summed E-state index contributed by atoms with van der Waals surface area (Å²) < 4.78 is 5.33. The maximum absolute atomic E-state index is 8.80. The number of aliphatic hydroxyl groups is 1. The number of halogens is 1. The molecule has 4 aromatic rings. The average Bonchev–Trinajstić information content (AvgIpc) is 3.07. The van der Waals surface area contributed by atoms with Crippen LogP contribution >= 0.6 is 15.9 Å². The van der Waals surface area contributed by atoms with Gasteiger partial charge in [-0.15, -0.1) is 13.2 Å². The van der Waals surface area contributed by atoms with E-state index in [-0.39, 0.29) is 21.5 Å². The number of rotatable bonds is 8. The Kier molecular flexibility index (Phi) is 24.2. The Hall–Kier alpha value is -4.64. The predicted octanol–water partition coefficient (Wildman–Crippen LogP) is 10.2. The normalized spacial score (nSPS) is 9.29. The average molecular weight is 662 g/mol. The summed E-state index contributed by atoms with van der Waals surface area (Å²) in [6.45, 7) is 8.24. The number of hydrogen-bond acceptors (Lipinski definition) is 2. The molecule has 0 atom stereocenters. The third-order valence-electron chi connectivity index (χ3n) is 5.41. The van der Waals surface area contributed by atoms with E-state index < -0.39 is 0 Å². The molecule has 1 N–H and O–H groups in total. The molecule has 4 rings (SSSR count). The van der Waals surface area contributed by atoms with Crippen LogP contribution in [-0.4, -0.2) is 30.3 Å². The lowest BCUT2D eigenvalue weighted by Crippen LogP contribution is -1.89. The van der Waals surface area contributed by atoms with Gasteiger partial charge >= 0.3 is 0 Å². The van der Waals surface area contributed by atoms with Gasteiger partial charge in [0, 0.05) is 27.6 Å². The highest BCUT2D eigenvalue weighted by atomic mass is 79.9. The van der Waals surface area contributed by atoms with Gasteiger partial charge < -0.3 is 9.84 Å². The molecule has 2 nitrogen and oxygen atoms in total. The topological polar surface area (TPSA) is 29.5 Å². The molecule has 0 unspecified atom stereocenters. The molecule has 0 aliphatic heterocycles. The summed E-state index contributed by atoms with van der Waals surface area (Å²) in [5.74, 6) is 12.7. The molecule has 4 aromatic carbocycles. The van der Waals surface area contributed by atoms with Crippen LogP contribution in [0.2, 0.25) is 0 Å². The number of benzene rings is 4. The Morgan fingerprint density at radius 2 is 1.00 bits per heavy atom. The lowest BCUT2D eigenvalue weighted by Gasteiger charge is -1.99. The van der Waals surface area contributed by atoms with Gasteiger partial charge in [-0.05, 0) is 47.5 Å². The van der Waals surface area contributed by atoms with E-state index in [9.17, 15) is 0 Å². The van der Waals surface area contributed by atoms with Crippen molar-refractivity contribution in [2.45, 2.75) is 14.9 Å². The van der Waals surface area contributed by atoms with Crippen molar-refractivity contribution >= 4 is 28.1 Å². The number of allylic oxidation sites excluding steroid dienone is 1. The van der Waals surface area contributed by atoms with Gasteiger partial charge in [-0.2, -0.15) is 0 Å². The number of aliphatic hydroxyl groups excluding tert-OH is 1. The van der Waals surface area contributed by atoms with Gasteiger partial charge in [0.05, 0.1) is 19.8 Å². The Morgan fingerprint density at radius 1 is 0.578 bits per heavy atom. The van der Waals surface area contributed by atoms with E-state index >= 15 is 0 Å². The molecule has 0 radical (unpaired) electrons. The lowest BCUT2D eigenvalue weighted by molar-refractivity contribution is 0.194. The molecule has 0 spiro atoms. The maximum atomic E-state index is 8.80. The van der Waals surface area contributed by atoms with Crippen LogP contribution in [0.1, 0.15) is 48.2 Å². The van der Waals surface area contributed by atoms with Gasteiger partial charge in [0.2, 0.25) is 0 Å². The monoisotopic (exact) mass is 660 g/mol. The first-order chi connectivity index (χ1) is 21.2. The first-order valence-corrected chi connectivity index (χ1v) is 15.0. The molecule has 0 fully saturated rings. The second-order valence-electron chi connectivity index (χ2n) is 8.66. The van der Waals surface area contributed by atoms with E-state index in [2.05, 4.69) is 58.8 Å². The van der Waals surface area contributed by atoms with Crippen LogP contribution in [0, 0.1) is 23.7 Å². The van der Waals surface area contributed by atoms with E-state index in [0.717, 1.165) is 38.7 Å². The number of alkyl halides is 1. The fraction of sp³-hybridized carbons (Fsp3) is 0.143. The molecule has 0 saturated carbocycles. The Bertz CT molecular complexity index is 1550. The Labute approximate surface area is 280 Å². The summed E-state index contributed by atoms with van der Waals surface area (Å²) in [6, 6.07) is 35.9. The molecule has 0 bridgehead atoms. The Morgan fingerprint density at radius 3 is 1.42 bits per heavy atom. The van der Waals surface area contributed by atoms with Crippen LogP contribution in [-0.2, 0) is 4.74 Å². The third-order valence-corrected chi connectivity index (χ3v) is 5.87. The minimum Gasteiger partial charge on any atom is -0.392 e. The second kappa shape index (κ2) is 26.9. The van der Waals surface area contributed by atoms with Crippen LogP contribution in [0.25, 0.3) is 12.2 Å². The second-order valence-corrected chi connectivity index (χ2v) is 9.31. The molecule has 0 saturated heterocycles. The quantitative estimate of drug-likeness (QED) is 0.0882. The third kappa shape index (κ3) is 17.9. The molecular weight excluding hydrogens is 616 g/mol. The van der Waals surface area contributed by atoms with Crippen molar-refractivity contribution < 1.29 is 9.84 Å². The minimum absolute atomic E-state index is 0. The summed E-state index contributed by atoms with van der Waals surface area (Å²) in [4.78, 5) is 0. The standard InChI is InChI=1S/C20H18O.C17H14O.C3H5Br.2CH4/c1-2-16-21-17-8-13-19-11-6-7-12-20(19)15-14-18-9-4-3-5-10-18;18-14-6-11-16-9-4-5-10-17(16)13-12-15-7-2-1-3-8-15;1-2-3-4;;/h2-13H,1,16-17H2;1-11,18H,14H2;2H,1,3H2;2*1H4/b13-8+;11-6+;;;. The smallest absolute Gasteiger partial charge is 0.0655 e.